The number of amides is 1. The van der Waals surface area contributed by atoms with Gasteiger partial charge in [-0.3, -0.25) is 10.1 Å². The van der Waals surface area contributed by atoms with Crippen LogP contribution in [0.2, 0.25) is 0 Å². The van der Waals surface area contributed by atoms with Gasteiger partial charge >= 0.3 is 0 Å². The average molecular weight is 276 g/mol. The van der Waals surface area contributed by atoms with Crippen LogP contribution in [-0.4, -0.2) is 16.1 Å². The maximum atomic E-state index is 12.0. The van der Waals surface area contributed by atoms with Gasteiger partial charge in [0.2, 0.25) is 5.13 Å². The van der Waals surface area contributed by atoms with E-state index >= 15 is 0 Å². The van der Waals surface area contributed by atoms with Gasteiger partial charge in [0.25, 0.3) is 5.91 Å². The topological polar surface area (TPSA) is 80.9 Å². The summed E-state index contributed by atoms with van der Waals surface area (Å²) < 4.78 is 0. The minimum absolute atomic E-state index is 0.199. The third-order valence-corrected chi connectivity index (χ3v) is 3.83. The number of rotatable bonds is 3. The van der Waals surface area contributed by atoms with Gasteiger partial charge in [-0.05, 0) is 30.7 Å². The molecule has 19 heavy (non-hydrogen) atoms. The molecule has 0 atom stereocenters. The third kappa shape index (κ3) is 3.08. The zero-order valence-corrected chi connectivity index (χ0v) is 11.9. The molecule has 2 rings (SSSR count). The first-order valence-corrected chi connectivity index (χ1v) is 6.80. The number of anilines is 2. The smallest absolute Gasteiger partial charge is 0.257 e. The van der Waals surface area contributed by atoms with Crippen molar-refractivity contribution in [3.63, 3.8) is 0 Å². The van der Waals surface area contributed by atoms with E-state index in [1.807, 2.05) is 20.8 Å². The molecule has 5 nitrogen and oxygen atoms in total. The molecular weight excluding hydrogens is 260 g/mol. The first-order valence-electron chi connectivity index (χ1n) is 5.98. The Morgan fingerprint density at radius 2 is 2.11 bits per heavy atom. The predicted molar refractivity (Wildman–Crippen MR) is 77.5 cm³/mol. The fourth-order valence-electron chi connectivity index (χ4n) is 1.50. The van der Waals surface area contributed by atoms with Gasteiger partial charge in [-0.1, -0.05) is 25.2 Å². The number of nitrogen functional groups attached to an aromatic ring is 1. The van der Waals surface area contributed by atoms with Crippen molar-refractivity contribution in [2.45, 2.75) is 26.7 Å². The summed E-state index contributed by atoms with van der Waals surface area (Å²) in [6, 6.07) is 5.18. The first-order chi connectivity index (χ1) is 8.97. The molecule has 1 aromatic heterocycles. The summed E-state index contributed by atoms with van der Waals surface area (Å²) in [7, 11) is 0. The Bertz CT molecular complexity index is 606. The highest BCUT2D eigenvalue weighted by molar-refractivity contribution is 7.15. The van der Waals surface area contributed by atoms with Crippen LogP contribution in [0.4, 0.5) is 10.8 Å². The van der Waals surface area contributed by atoms with E-state index in [0.29, 0.717) is 22.3 Å². The Labute approximate surface area is 115 Å². The first kappa shape index (κ1) is 13.5. The van der Waals surface area contributed by atoms with Gasteiger partial charge in [-0.15, -0.1) is 10.2 Å². The van der Waals surface area contributed by atoms with Crippen LogP contribution in [0.25, 0.3) is 0 Å². The van der Waals surface area contributed by atoms with Crippen molar-refractivity contribution in [3.8, 4) is 0 Å². The van der Waals surface area contributed by atoms with Gasteiger partial charge in [0.1, 0.15) is 5.01 Å². The van der Waals surface area contributed by atoms with Crippen molar-refractivity contribution < 1.29 is 4.79 Å². The van der Waals surface area contributed by atoms with Gasteiger partial charge < -0.3 is 5.73 Å². The average Bonchev–Trinajstić information content (AvgIpc) is 2.81. The predicted octanol–water partition coefficient (Wildman–Crippen LogP) is 2.80. The second-order valence-corrected chi connectivity index (χ2v) is 5.63. The number of aromatic nitrogens is 2. The zero-order chi connectivity index (χ0) is 14.0. The Kier molecular flexibility index (Phi) is 3.80. The van der Waals surface area contributed by atoms with Crippen LogP contribution in [0, 0.1) is 6.92 Å². The van der Waals surface area contributed by atoms with Crippen LogP contribution in [0.5, 0.6) is 0 Å². The van der Waals surface area contributed by atoms with E-state index in [1.165, 1.54) is 11.3 Å². The molecule has 0 aliphatic carbocycles. The van der Waals surface area contributed by atoms with Crippen LogP contribution >= 0.6 is 11.3 Å². The van der Waals surface area contributed by atoms with Crippen molar-refractivity contribution in [2.75, 3.05) is 11.1 Å². The fraction of sp³-hybridized carbons (Fsp3) is 0.308. The van der Waals surface area contributed by atoms with Crippen molar-refractivity contribution in [1.82, 2.24) is 10.2 Å². The summed E-state index contributed by atoms with van der Waals surface area (Å²) in [6.07, 6.45) is 0. The molecule has 2 aromatic rings. The lowest BCUT2D eigenvalue weighted by molar-refractivity contribution is 0.102. The van der Waals surface area contributed by atoms with E-state index < -0.39 is 0 Å². The molecule has 0 radical (unpaired) electrons. The number of aryl methyl sites for hydroxylation is 1. The summed E-state index contributed by atoms with van der Waals surface area (Å²) in [6.45, 7) is 5.94. The van der Waals surface area contributed by atoms with Gasteiger partial charge in [-0.25, -0.2) is 0 Å². The molecule has 6 heteroatoms. The summed E-state index contributed by atoms with van der Waals surface area (Å²) in [5.41, 5.74) is 7.85. The van der Waals surface area contributed by atoms with E-state index in [0.717, 1.165) is 10.6 Å². The van der Waals surface area contributed by atoms with Crippen LogP contribution < -0.4 is 11.1 Å². The number of nitrogens with one attached hydrogen (secondary N) is 1. The number of nitrogens with zero attached hydrogens (tertiary/aromatic N) is 2. The molecule has 3 N–H and O–H groups in total. The normalized spacial score (nSPS) is 10.7. The van der Waals surface area contributed by atoms with Crippen LogP contribution in [0.3, 0.4) is 0 Å². The molecule has 1 aromatic carbocycles. The highest BCUT2D eigenvalue weighted by Crippen LogP contribution is 2.23. The third-order valence-electron chi connectivity index (χ3n) is 2.69. The fourth-order valence-corrected chi connectivity index (χ4v) is 2.25. The Balaban J connectivity index is 2.13. The number of nitrogens with two attached hydrogens (primary N) is 1. The molecule has 0 aliphatic rings. The SMILES string of the molecule is Cc1cc(C(=O)Nc2nnc(C(C)C)s2)ccc1N. The van der Waals surface area contributed by atoms with Crippen molar-refractivity contribution in [2.24, 2.45) is 0 Å². The summed E-state index contributed by atoms with van der Waals surface area (Å²) >= 11 is 1.39. The van der Waals surface area contributed by atoms with E-state index in [9.17, 15) is 4.79 Å². The lowest BCUT2D eigenvalue weighted by Gasteiger charge is -2.04. The Morgan fingerprint density at radius 3 is 2.68 bits per heavy atom. The summed E-state index contributed by atoms with van der Waals surface area (Å²) in [5, 5.41) is 12.2. The van der Waals surface area contributed by atoms with Crippen LogP contribution in [0.15, 0.2) is 18.2 Å². The minimum atomic E-state index is -0.199. The van der Waals surface area contributed by atoms with Crippen molar-refractivity contribution >= 4 is 28.1 Å². The molecule has 0 spiro atoms. The number of hydrogen-bond donors (Lipinski definition) is 2. The second-order valence-electron chi connectivity index (χ2n) is 4.63. The minimum Gasteiger partial charge on any atom is -0.399 e. The zero-order valence-electron chi connectivity index (χ0n) is 11.1. The molecule has 0 saturated heterocycles. The standard InChI is InChI=1S/C13H16N4OS/c1-7(2)12-16-17-13(19-12)15-11(18)9-4-5-10(14)8(3)6-9/h4-7H,14H2,1-3H3,(H,15,17,18). The maximum Gasteiger partial charge on any atom is 0.257 e. The molecule has 1 heterocycles. The largest absolute Gasteiger partial charge is 0.399 e. The van der Waals surface area contributed by atoms with Gasteiger partial charge in [0.15, 0.2) is 0 Å². The highest BCUT2D eigenvalue weighted by atomic mass is 32.1. The van der Waals surface area contributed by atoms with Gasteiger partial charge in [-0.2, -0.15) is 0 Å². The van der Waals surface area contributed by atoms with E-state index in [1.54, 1.807) is 18.2 Å². The van der Waals surface area contributed by atoms with E-state index in [2.05, 4.69) is 15.5 Å². The molecule has 0 aliphatic heterocycles. The van der Waals surface area contributed by atoms with Crippen LogP contribution in [0.1, 0.15) is 40.7 Å². The monoisotopic (exact) mass is 276 g/mol. The molecule has 0 fully saturated rings. The molecule has 0 unspecified atom stereocenters. The van der Waals surface area contributed by atoms with Gasteiger partial charge in [0, 0.05) is 17.2 Å². The lowest BCUT2D eigenvalue weighted by atomic mass is 10.1. The summed E-state index contributed by atoms with van der Waals surface area (Å²) in [5.74, 6) is 0.108. The molecular formula is C13H16N4OS. The molecule has 1 amide bonds. The molecule has 100 valence electrons. The second kappa shape index (κ2) is 5.36. The maximum absolute atomic E-state index is 12.0. The number of carbonyl (C=O) groups is 1. The van der Waals surface area contributed by atoms with E-state index in [4.69, 9.17) is 5.73 Å². The van der Waals surface area contributed by atoms with Crippen molar-refractivity contribution in [1.29, 1.82) is 0 Å². The number of carbonyl (C=O) groups excluding carboxylic acids is 1. The highest BCUT2D eigenvalue weighted by Gasteiger charge is 2.12. The number of benzene rings is 1. The summed E-state index contributed by atoms with van der Waals surface area (Å²) in [4.78, 5) is 12.0. The Morgan fingerprint density at radius 1 is 1.37 bits per heavy atom. The number of hydrogen-bond acceptors (Lipinski definition) is 5. The quantitative estimate of drug-likeness (QED) is 0.845. The van der Waals surface area contributed by atoms with Gasteiger partial charge in [0.05, 0.1) is 0 Å². The van der Waals surface area contributed by atoms with E-state index in [-0.39, 0.29) is 5.91 Å². The lowest BCUT2D eigenvalue weighted by Crippen LogP contribution is -2.12. The van der Waals surface area contributed by atoms with Crippen molar-refractivity contribution in [3.05, 3.63) is 34.3 Å². The Hall–Kier alpha value is -1.95. The molecule has 0 saturated carbocycles. The molecule has 0 bridgehead atoms. The van der Waals surface area contributed by atoms with Crippen LogP contribution in [-0.2, 0) is 0 Å².